The molecule has 0 amide bonds. The average molecular weight is 234 g/mol. The van der Waals surface area contributed by atoms with E-state index in [0.29, 0.717) is 13.2 Å². The SMILES string of the molecule is CC#Cc1ccccc1[SiH](OCC)OCC. The first-order chi connectivity index (χ1) is 7.83. The second kappa shape index (κ2) is 7.23. The first-order valence-electron chi connectivity index (χ1n) is 5.58. The molecule has 0 aromatic heterocycles. The summed E-state index contributed by atoms with van der Waals surface area (Å²) in [4.78, 5) is 0. The molecule has 1 aromatic rings. The lowest BCUT2D eigenvalue weighted by molar-refractivity contribution is 0.225. The fourth-order valence-electron chi connectivity index (χ4n) is 1.48. The topological polar surface area (TPSA) is 18.5 Å². The predicted molar refractivity (Wildman–Crippen MR) is 69.0 cm³/mol. The van der Waals surface area contributed by atoms with Crippen molar-refractivity contribution in [3.63, 3.8) is 0 Å². The van der Waals surface area contributed by atoms with E-state index < -0.39 is 9.28 Å². The van der Waals surface area contributed by atoms with Crippen LogP contribution in [0.15, 0.2) is 24.3 Å². The Labute approximate surface area is 99.4 Å². The van der Waals surface area contributed by atoms with E-state index in [1.165, 1.54) is 0 Å². The van der Waals surface area contributed by atoms with Crippen molar-refractivity contribution in [3.8, 4) is 11.8 Å². The van der Waals surface area contributed by atoms with Gasteiger partial charge in [-0.25, -0.2) is 0 Å². The van der Waals surface area contributed by atoms with Gasteiger partial charge in [-0.2, -0.15) is 0 Å². The standard InChI is InChI=1S/C13H18O2Si/c1-4-9-12-10-7-8-11-13(12)16(14-5-2)15-6-3/h7-8,10-11,16H,5-6H2,1-3H3. The summed E-state index contributed by atoms with van der Waals surface area (Å²) in [6, 6.07) is 8.08. The van der Waals surface area contributed by atoms with Crippen LogP contribution in [0.1, 0.15) is 26.3 Å². The molecule has 0 spiro atoms. The molecule has 16 heavy (non-hydrogen) atoms. The molecule has 0 aliphatic rings. The van der Waals surface area contributed by atoms with Gasteiger partial charge in [-0.1, -0.05) is 24.1 Å². The summed E-state index contributed by atoms with van der Waals surface area (Å²) in [6.07, 6.45) is 0. The minimum Gasteiger partial charge on any atom is -0.394 e. The van der Waals surface area contributed by atoms with E-state index in [9.17, 15) is 0 Å². The summed E-state index contributed by atoms with van der Waals surface area (Å²) >= 11 is 0. The number of benzene rings is 1. The summed E-state index contributed by atoms with van der Waals surface area (Å²) in [5.74, 6) is 6.02. The van der Waals surface area contributed by atoms with E-state index in [1.807, 2.05) is 39.0 Å². The minimum atomic E-state index is -1.77. The summed E-state index contributed by atoms with van der Waals surface area (Å²) < 4.78 is 11.4. The first-order valence-corrected chi connectivity index (χ1v) is 7.10. The summed E-state index contributed by atoms with van der Waals surface area (Å²) in [5.41, 5.74) is 1.03. The lowest BCUT2D eigenvalue weighted by Crippen LogP contribution is -2.38. The van der Waals surface area contributed by atoms with Crippen molar-refractivity contribution in [2.24, 2.45) is 0 Å². The van der Waals surface area contributed by atoms with Gasteiger partial charge in [0.05, 0.1) is 0 Å². The molecule has 0 bridgehead atoms. The second-order valence-electron chi connectivity index (χ2n) is 3.20. The fraction of sp³-hybridized carbons (Fsp3) is 0.385. The zero-order chi connectivity index (χ0) is 11.8. The Morgan fingerprint density at radius 1 is 1.12 bits per heavy atom. The number of hydrogen-bond acceptors (Lipinski definition) is 2. The van der Waals surface area contributed by atoms with Crippen LogP contribution in [0.5, 0.6) is 0 Å². The maximum Gasteiger partial charge on any atom is 0.357 e. The Kier molecular flexibility index (Phi) is 5.87. The predicted octanol–water partition coefficient (Wildman–Crippen LogP) is 1.56. The normalized spacial score (nSPS) is 10.0. The molecule has 2 nitrogen and oxygen atoms in total. The third kappa shape index (κ3) is 3.49. The number of rotatable bonds is 5. The average Bonchev–Trinajstić information content (AvgIpc) is 2.30. The van der Waals surface area contributed by atoms with Crippen LogP contribution in [0, 0.1) is 11.8 Å². The van der Waals surface area contributed by atoms with Crippen molar-refractivity contribution in [1.29, 1.82) is 0 Å². The lowest BCUT2D eigenvalue weighted by Gasteiger charge is -2.16. The molecule has 3 heteroatoms. The largest absolute Gasteiger partial charge is 0.394 e. The van der Waals surface area contributed by atoms with Gasteiger partial charge in [-0.05, 0) is 26.8 Å². The Morgan fingerprint density at radius 2 is 1.75 bits per heavy atom. The maximum absolute atomic E-state index is 5.70. The highest BCUT2D eigenvalue weighted by atomic mass is 28.3. The van der Waals surface area contributed by atoms with E-state index in [1.54, 1.807) is 0 Å². The van der Waals surface area contributed by atoms with Crippen LogP contribution in [-0.4, -0.2) is 22.5 Å². The second-order valence-corrected chi connectivity index (χ2v) is 5.16. The Hall–Kier alpha value is -1.08. The van der Waals surface area contributed by atoms with Crippen LogP contribution in [0.3, 0.4) is 0 Å². The molecule has 0 unspecified atom stereocenters. The van der Waals surface area contributed by atoms with Crippen LogP contribution in [-0.2, 0) is 8.85 Å². The highest BCUT2D eigenvalue weighted by Crippen LogP contribution is 1.99. The van der Waals surface area contributed by atoms with Crippen molar-refractivity contribution < 1.29 is 8.85 Å². The number of hydrogen-bond donors (Lipinski definition) is 0. The Bertz CT molecular complexity index is 373. The molecular formula is C13H18O2Si. The van der Waals surface area contributed by atoms with Crippen molar-refractivity contribution in [1.82, 2.24) is 0 Å². The molecule has 0 aliphatic carbocycles. The molecule has 1 rings (SSSR count). The van der Waals surface area contributed by atoms with E-state index in [0.717, 1.165) is 10.8 Å². The zero-order valence-electron chi connectivity index (χ0n) is 10.1. The van der Waals surface area contributed by atoms with Crippen LogP contribution >= 0.6 is 0 Å². The molecule has 0 saturated carbocycles. The van der Waals surface area contributed by atoms with Crippen molar-refractivity contribution in [2.45, 2.75) is 20.8 Å². The van der Waals surface area contributed by atoms with E-state index in [2.05, 4.69) is 17.9 Å². The summed E-state index contributed by atoms with van der Waals surface area (Å²) in [5, 5.41) is 1.14. The highest BCUT2D eigenvalue weighted by Gasteiger charge is 2.18. The fourth-order valence-corrected chi connectivity index (χ4v) is 3.23. The van der Waals surface area contributed by atoms with E-state index in [4.69, 9.17) is 8.85 Å². The lowest BCUT2D eigenvalue weighted by atomic mass is 10.2. The molecular weight excluding hydrogens is 216 g/mol. The van der Waals surface area contributed by atoms with Crippen LogP contribution in [0.4, 0.5) is 0 Å². The van der Waals surface area contributed by atoms with Gasteiger partial charge in [0, 0.05) is 24.0 Å². The third-order valence-corrected chi connectivity index (χ3v) is 4.39. The minimum absolute atomic E-state index is 0.685. The summed E-state index contributed by atoms with van der Waals surface area (Å²) in [7, 11) is -1.77. The van der Waals surface area contributed by atoms with Crippen molar-refractivity contribution >= 4 is 14.5 Å². The van der Waals surface area contributed by atoms with Gasteiger partial charge in [0.2, 0.25) is 0 Å². The molecule has 0 aliphatic heterocycles. The molecule has 86 valence electrons. The van der Waals surface area contributed by atoms with E-state index >= 15 is 0 Å². The molecule has 0 radical (unpaired) electrons. The van der Waals surface area contributed by atoms with Crippen LogP contribution < -0.4 is 5.19 Å². The molecule has 0 heterocycles. The molecule has 0 fully saturated rings. The van der Waals surface area contributed by atoms with Crippen molar-refractivity contribution in [2.75, 3.05) is 13.2 Å². The smallest absolute Gasteiger partial charge is 0.357 e. The maximum atomic E-state index is 5.70. The first kappa shape index (κ1) is 13.0. The highest BCUT2D eigenvalue weighted by molar-refractivity contribution is 6.62. The van der Waals surface area contributed by atoms with Gasteiger partial charge in [0.15, 0.2) is 0 Å². The van der Waals surface area contributed by atoms with Gasteiger partial charge in [0.1, 0.15) is 0 Å². The monoisotopic (exact) mass is 234 g/mol. The van der Waals surface area contributed by atoms with Gasteiger partial charge < -0.3 is 8.85 Å². The quantitative estimate of drug-likeness (QED) is 0.568. The van der Waals surface area contributed by atoms with E-state index in [-0.39, 0.29) is 0 Å². The van der Waals surface area contributed by atoms with Gasteiger partial charge in [-0.3, -0.25) is 0 Å². The molecule has 0 saturated heterocycles. The molecule has 0 N–H and O–H groups in total. The molecule has 1 aromatic carbocycles. The van der Waals surface area contributed by atoms with Gasteiger partial charge in [0.25, 0.3) is 0 Å². The summed E-state index contributed by atoms with van der Waals surface area (Å²) in [6.45, 7) is 7.20. The third-order valence-electron chi connectivity index (χ3n) is 2.11. The zero-order valence-corrected chi connectivity index (χ0v) is 11.3. The van der Waals surface area contributed by atoms with Gasteiger partial charge in [-0.15, -0.1) is 5.92 Å². The molecule has 0 atom stereocenters. The van der Waals surface area contributed by atoms with Gasteiger partial charge >= 0.3 is 9.28 Å². The Morgan fingerprint density at radius 3 is 2.31 bits per heavy atom. The van der Waals surface area contributed by atoms with Crippen LogP contribution in [0.25, 0.3) is 0 Å². The Balaban J connectivity index is 3.00. The van der Waals surface area contributed by atoms with Crippen molar-refractivity contribution in [3.05, 3.63) is 29.8 Å². The van der Waals surface area contributed by atoms with Crippen LogP contribution in [0.2, 0.25) is 0 Å².